The third-order valence-electron chi connectivity index (χ3n) is 3.01. The maximum absolute atomic E-state index is 12.0. The number of ether oxygens (including phenoxy) is 2. The second kappa shape index (κ2) is 8.70. The number of nitrogens with one attached hydrogen (secondary N) is 1. The standard InChI is InChI=1S/C17H16BrClN2O3/c1-3-24-16-14(19)7-11(8-15(16)23-2)10-20-21-17(22)12-5-4-6-13(18)9-12/h4-10H,3H2,1-2H3,(H,21,22). The fourth-order valence-electron chi connectivity index (χ4n) is 1.96. The summed E-state index contributed by atoms with van der Waals surface area (Å²) in [7, 11) is 1.53. The number of hydrogen-bond acceptors (Lipinski definition) is 4. The van der Waals surface area contributed by atoms with Crippen molar-refractivity contribution in [2.75, 3.05) is 13.7 Å². The van der Waals surface area contributed by atoms with Crippen LogP contribution in [0.2, 0.25) is 5.02 Å². The summed E-state index contributed by atoms with van der Waals surface area (Å²) in [6, 6.07) is 10.4. The molecule has 0 aliphatic rings. The Labute approximate surface area is 153 Å². The summed E-state index contributed by atoms with van der Waals surface area (Å²) in [6.45, 7) is 2.34. The lowest BCUT2D eigenvalue weighted by Crippen LogP contribution is -2.17. The largest absolute Gasteiger partial charge is 0.493 e. The number of carbonyl (C=O) groups excluding carboxylic acids is 1. The zero-order valence-electron chi connectivity index (χ0n) is 13.2. The maximum atomic E-state index is 12.0. The van der Waals surface area contributed by atoms with Crippen LogP contribution in [0.4, 0.5) is 0 Å². The Kier molecular flexibility index (Phi) is 6.63. The van der Waals surface area contributed by atoms with E-state index in [-0.39, 0.29) is 5.91 Å². The van der Waals surface area contributed by atoms with Gasteiger partial charge in [-0.2, -0.15) is 5.10 Å². The third kappa shape index (κ3) is 4.72. The van der Waals surface area contributed by atoms with Crippen molar-refractivity contribution < 1.29 is 14.3 Å². The SMILES string of the molecule is CCOc1c(Cl)cc(C=NNC(=O)c2cccc(Br)c2)cc1OC. The molecule has 0 aliphatic carbocycles. The first kappa shape index (κ1) is 18.3. The molecule has 126 valence electrons. The molecule has 5 nitrogen and oxygen atoms in total. The zero-order chi connectivity index (χ0) is 17.5. The van der Waals surface area contributed by atoms with Gasteiger partial charge in [0.2, 0.25) is 0 Å². The number of hydrogen-bond donors (Lipinski definition) is 1. The summed E-state index contributed by atoms with van der Waals surface area (Å²) in [5, 5.41) is 4.36. The molecule has 2 aromatic carbocycles. The second-order valence-corrected chi connectivity index (χ2v) is 6.00. The van der Waals surface area contributed by atoms with Crippen molar-refractivity contribution in [2.45, 2.75) is 6.92 Å². The van der Waals surface area contributed by atoms with Gasteiger partial charge < -0.3 is 9.47 Å². The van der Waals surface area contributed by atoms with Crippen LogP contribution in [-0.4, -0.2) is 25.8 Å². The van der Waals surface area contributed by atoms with Crippen LogP contribution >= 0.6 is 27.5 Å². The molecule has 2 rings (SSSR count). The van der Waals surface area contributed by atoms with Gasteiger partial charge in [-0.3, -0.25) is 4.79 Å². The van der Waals surface area contributed by atoms with Gasteiger partial charge in [0.05, 0.1) is 25.0 Å². The number of nitrogens with zero attached hydrogens (tertiary/aromatic N) is 1. The minimum Gasteiger partial charge on any atom is -0.493 e. The molecule has 0 fully saturated rings. The van der Waals surface area contributed by atoms with Gasteiger partial charge in [-0.05, 0) is 42.8 Å². The van der Waals surface area contributed by atoms with E-state index < -0.39 is 0 Å². The van der Waals surface area contributed by atoms with Gasteiger partial charge in [0.15, 0.2) is 11.5 Å². The molecule has 0 aliphatic heterocycles. The van der Waals surface area contributed by atoms with Crippen LogP contribution in [0.3, 0.4) is 0 Å². The van der Waals surface area contributed by atoms with Gasteiger partial charge in [0.1, 0.15) is 0 Å². The predicted octanol–water partition coefficient (Wildman–Crippen LogP) is 4.27. The average molecular weight is 412 g/mol. The van der Waals surface area contributed by atoms with Crippen molar-refractivity contribution in [2.24, 2.45) is 5.10 Å². The highest BCUT2D eigenvalue weighted by Gasteiger charge is 2.11. The molecule has 0 radical (unpaired) electrons. The Bertz CT molecular complexity index is 765. The second-order valence-electron chi connectivity index (χ2n) is 4.68. The summed E-state index contributed by atoms with van der Waals surface area (Å²) in [5.41, 5.74) is 3.65. The van der Waals surface area contributed by atoms with Crippen LogP contribution in [0.15, 0.2) is 46.0 Å². The Morgan fingerprint density at radius 3 is 2.83 bits per heavy atom. The van der Waals surface area contributed by atoms with Crippen molar-refractivity contribution in [3.63, 3.8) is 0 Å². The van der Waals surface area contributed by atoms with Crippen LogP contribution < -0.4 is 14.9 Å². The lowest BCUT2D eigenvalue weighted by Gasteiger charge is -2.11. The number of methoxy groups -OCH3 is 1. The highest BCUT2D eigenvalue weighted by atomic mass is 79.9. The molecule has 0 bridgehead atoms. The minimum absolute atomic E-state index is 0.309. The van der Waals surface area contributed by atoms with Crippen LogP contribution in [0.5, 0.6) is 11.5 Å². The van der Waals surface area contributed by atoms with Crippen LogP contribution in [0.25, 0.3) is 0 Å². The summed E-state index contributed by atoms with van der Waals surface area (Å²) >= 11 is 9.51. The monoisotopic (exact) mass is 410 g/mol. The van der Waals surface area contributed by atoms with Crippen molar-refractivity contribution in [1.82, 2.24) is 5.43 Å². The number of rotatable bonds is 6. The number of hydrazone groups is 1. The molecule has 0 saturated carbocycles. The number of carbonyl (C=O) groups is 1. The molecule has 0 heterocycles. The third-order valence-corrected chi connectivity index (χ3v) is 3.78. The highest BCUT2D eigenvalue weighted by molar-refractivity contribution is 9.10. The van der Waals surface area contributed by atoms with E-state index in [4.69, 9.17) is 21.1 Å². The number of halogens is 2. The van der Waals surface area contributed by atoms with Gasteiger partial charge in [0.25, 0.3) is 5.91 Å². The normalized spacial score (nSPS) is 10.7. The van der Waals surface area contributed by atoms with Crippen molar-refractivity contribution in [3.8, 4) is 11.5 Å². The van der Waals surface area contributed by atoms with Crippen LogP contribution in [-0.2, 0) is 0 Å². The van der Waals surface area contributed by atoms with E-state index in [0.717, 1.165) is 4.47 Å². The van der Waals surface area contributed by atoms with E-state index in [0.29, 0.717) is 34.3 Å². The Morgan fingerprint density at radius 1 is 1.38 bits per heavy atom. The average Bonchev–Trinajstić information content (AvgIpc) is 2.57. The van der Waals surface area contributed by atoms with Gasteiger partial charge in [-0.1, -0.05) is 33.6 Å². The molecule has 0 aromatic heterocycles. The topological polar surface area (TPSA) is 59.9 Å². The first-order valence-corrected chi connectivity index (χ1v) is 8.31. The van der Waals surface area contributed by atoms with Gasteiger partial charge >= 0.3 is 0 Å². The Hall–Kier alpha value is -2.05. The zero-order valence-corrected chi connectivity index (χ0v) is 15.5. The first-order chi connectivity index (χ1) is 11.5. The smallest absolute Gasteiger partial charge is 0.271 e. The fourth-order valence-corrected chi connectivity index (χ4v) is 2.63. The molecule has 1 N–H and O–H groups in total. The fraction of sp³-hybridized carbons (Fsp3) is 0.176. The predicted molar refractivity (Wildman–Crippen MR) is 98.4 cm³/mol. The molecule has 1 amide bonds. The van der Waals surface area contributed by atoms with Gasteiger partial charge in [0, 0.05) is 10.0 Å². The molecule has 0 spiro atoms. The van der Waals surface area contributed by atoms with Crippen LogP contribution in [0.1, 0.15) is 22.8 Å². The highest BCUT2D eigenvalue weighted by Crippen LogP contribution is 2.35. The molecule has 7 heteroatoms. The number of benzene rings is 2. The Morgan fingerprint density at radius 2 is 2.17 bits per heavy atom. The van der Waals surface area contributed by atoms with Crippen molar-refractivity contribution in [3.05, 3.63) is 57.0 Å². The molecule has 2 aromatic rings. The van der Waals surface area contributed by atoms with Crippen LogP contribution in [0, 0.1) is 0 Å². The Balaban J connectivity index is 2.11. The molecule has 0 atom stereocenters. The number of amides is 1. The lowest BCUT2D eigenvalue weighted by atomic mass is 10.2. The minimum atomic E-state index is -0.309. The van der Waals surface area contributed by atoms with Gasteiger partial charge in [-0.25, -0.2) is 5.43 Å². The van der Waals surface area contributed by atoms with E-state index in [1.165, 1.54) is 13.3 Å². The molecule has 0 unspecified atom stereocenters. The van der Waals surface area contributed by atoms with E-state index >= 15 is 0 Å². The summed E-state index contributed by atoms with van der Waals surface area (Å²) in [4.78, 5) is 12.0. The van der Waals surface area contributed by atoms with Crippen molar-refractivity contribution >= 4 is 39.7 Å². The summed E-state index contributed by atoms with van der Waals surface area (Å²) in [5.74, 6) is 0.678. The summed E-state index contributed by atoms with van der Waals surface area (Å²) in [6.07, 6.45) is 1.49. The quantitative estimate of drug-likeness (QED) is 0.570. The maximum Gasteiger partial charge on any atom is 0.271 e. The van der Waals surface area contributed by atoms with E-state index in [1.807, 2.05) is 13.0 Å². The van der Waals surface area contributed by atoms with Crippen molar-refractivity contribution in [1.29, 1.82) is 0 Å². The molecule has 0 saturated heterocycles. The molecular weight excluding hydrogens is 396 g/mol. The first-order valence-electron chi connectivity index (χ1n) is 7.14. The lowest BCUT2D eigenvalue weighted by molar-refractivity contribution is 0.0955. The molecule has 24 heavy (non-hydrogen) atoms. The summed E-state index contributed by atoms with van der Waals surface area (Å²) < 4.78 is 11.5. The van der Waals surface area contributed by atoms with E-state index in [1.54, 1.807) is 30.3 Å². The molecular formula is C17H16BrClN2O3. The van der Waals surface area contributed by atoms with E-state index in [9.17, 15) is 4.79 Å². The van der Waals surface area contributed by atoms with E-state index in [2.05, 4.69) is 26.5 Å². The van der Waals surface area contributed by atoms with Gasteiger partial charge in [-0.15, -0.1) is 0 Å².